The van der Waals surface area contributed by atoms with Gasteiger partial charge >= 0.3 is 0 Å². The molecule has 0 spiro atoms. The average molecular weight is 426 g/mol. The molecule has 2 atom stereocenters. The Kier molecular flexibility index (Phi) is 7.90. The van der Waals surface area contributed by atoms with Crippen molar-refractivity contribution < 1.29 is 14.7 Å². The van der Waals surface area contributed by atoms with Crippen LogP contribution in [0.2, 0.25) is 5.02 Å². The van der Waals surface area contributed by atoms with Gasteiger partial charge < -0.3 is 4.74 Å². The van der Waals surface area contributed by atoms with Crippen molar-refractivity contribution in [3.63, 3.8) is 0 Å². The first-order chi connectivity index (χ1) is 14.6. The number of nitrogens with zero attached hydrogens (tertiary/aromatic N) is 2. The molecule has 7 heteroatoms. The van der Waals surface area contributed by atoms with E-state index in [9.17, 15) is 4.79 Å². The van der Waals surface area contributed by atoms with Crippen LogP contribution in [0.15, 0.2) is 67.3 Å². The second kappa shape index (κ2) is 10.8. The first-order valence-corrected chi connectivity index (χ1v) is 10.1. The van der Waals surface area contributed by atoms with Gasteiger partial charge in [0.15, 0.2) is 0 Å². The number of aromatic nitrogens is 2. The van der Waals surface area contributed by atoms with E-state index in [1.807, 2.05) is 55.5 Å². The van der Waals surface area contributed by atoms with Crippen LogP contribution in [0, 0.1) is 0 Å². The minimum Gasteiger partial charge on any atom is -0.377 e. The summed E-state index contributed by atoms with van der Waals surface area (Å²) in [5.41, 5.74) is 5.77. The maximum atomic E-state index is 11.9. The summed E-state index contributed by atoms with van der Waals surface area (Å²) in [6, 6.07) is 15.7. The molecule has 156 valence electrons. The van der Waals surface area contributed by atoms with Gasteiger partial charge in [-0.25, -0.2) is 15.4 Å². The SMILES string of the molecule is CCO[C@H](CC(=O)NO)C(Cc1ccc(Cl)cc1)c1ccc(-c2cncnc2)cc1. The molecule has 2 aromatic carbocycles. The molecule has 0 aliphatic rings. The Bertz CT molecular complexity index is 934. The van der Waals surface area contributed by atoms with E-state index in [0.29, 0.717) is 18.1 Å². The zero-order chi connectivity index (χ0) is 21.3. The van der Waals surface area contributed by atoms with Crippen molar-refractivity contribution in [2.45, 2.75) is 31.8 Å². The third-order valence-corrected chi connectivity index (χ3v) is 5.19. The number of carbonyl (C=O) groups excluding carboxylic acids is 1. The topological polar surface area (TPSA) is 84.3 Å². The van der Waals surface area contributed by atoms with Crippen LogP contribution in [0.25, 0.3) is 11.1 Å². The molecule has 0 aliphatic heterocycles. The van der Waals surface area contributed by atoms with Crippen molar-refractivity contribution in [2.24, 2.45) is 0 Å². The molecule has 0 saturated heterocycles. The van der Waals surface area contributed by atoms with Crippen LogP contribution < -0.4 is 5.48 Å². The van der Waals surface area contributed by atoms with Gasteiger partial charge in [-0.1, -0.05) is 48.0 Å². The van der Waals surface area contributed by atoms with E-state index in [2.05, 4.69) is 9.97 Å². The second-order valence-corrected chi connectivity index (χ2v) is 7.36. The van der Waals surface area contributed by atoms with E-state index in [-0.39, 0.29) is 12.3 Å². The summed E-state index contributed by atoms with van der Waals surface area (Å²) in [5, 5.41) is 9.68. The van der Waals surface area contributed by atoms with Crippen LogP contribution in [0.1, 0.15) is 30.4 Å². The molecule has 0 fully saturated rings. The maximum absolute atomic E-state index is 11.9. The summed E-state index contributed by atoms with van der Waals surface area (Å²) in [7, 11) is 0. The Hall–Kier alpha value is -2.80. The third kappa shape index (κ3) is 5.86. The summed E-state index contributed by atoms with van der Waals surface area (Å²) in [4.78, 5) is 20.0. The number of rotatable bonds is 9. The summed E-state index contributed by atoms with van der Waals surface area (Å²) < 4.78 is 5.92. The predicted octanol–water partition coefficient (Wildman–Crippen LogP) is 4.42. The highest BCUT2D eigenvalue weighted by Gasteiger charge is 2.26. The van der Waals surface area contributed by atoms with Gasteiger partial charge in [0, 0.05) is 35.5 Å². The lowest BCUT2D eigenvalue weighted by Gasteiger charge is -2.27. The fourth-order valence-corrected chi connectivity index (χ4v) is 3.60. The van der Waals surface area contributed by atoms with E-state index >= 15 is 0 Å². The van der Waals surface area contributed by atoms with Gasteiger partial charge in [0.05, 0.1) is 12.5 Å². The number of ether oxygens (including phenoxy) is 1. The number of nitrogens with one attached hydrogen (secondary N) is 1. The molecule has 0 bridgehead atoms. The molecular weight excluding hydrogens is 402 g/mol. The average Bonchev–Trinajstić information content (AvgIpc) is 2.79. The minimum absolute atomic E-state index is 0.0525. The quantitative estimate of drug-likeness (QED) is 0.391. The number of hydrogen-bond donors (Lipinski definition) is 2. The minimum atomic E-state index is -0.479. The number of benzene rings is 2. The molecular formula is C23H24ClN3O3. The second-order valence-electron chi connectivity index (χ2n) is 6.92. The molecule has 2 N–H and O–H groups in total. The van der Waals surface area contributed by atoms with Gasteiger partial charge in [0.1, 0.15) is 6.33 Å². The zero-order valence-corrected chi connectivity index (χ0v) is 17.4. The van der Waals surface area contributed by atoms with Crippen LogP contribution in [0.4, 0.5) is 0 Å². The van der Waals surface area contributed by atoms with Gasteiger partial charge in [-0.05, 0) is 42.2 Å². The molecule has 6 nitrogen and oxygen atoms in total. The van der Waals surface area contributed by atoms with Crippen LogP contribution in [0.5, 0.6) is 0 Å². The molecule has 1 amide bonds. The van der Waals surface area contributed by atoms with E-state index in [1.54, 1.807) is 17.9 Å². The fraction of sp³-hybridized carbons (Fsp3) is 0.261. The normalized spacial score (nSPS) is 12.9. The molecule has 1 aromatic heterocycles. The Labute approximate surface area is 180 Å². The summed E-state index contributed by atoms with van der Waals surface area (Å²) >= 11 is 6.03. The number of hydroxylamine groups is 1. The van der Waals surface area contributed by atoms with Crippen molar-refractivity contribution >= 4 is 17.5 Å². The maximum Gasteiger partial charge on any atom is 0.245 e. The molecule has 1 unspecified atom stereocenters. The van der Waals surface area contributed by atoms with Crippen molar-refractivity contribution in [3.05, 3.63) is 83.4 Å². The van der Waals surface area contributed by atoms with E-state index in [0.717, 1.165) is 22.3 Å². The van der Waals surface area contributed by atoms with Gasteiger partial charge in [-0.15, -0.1) is 0 Å². The molecule has 0 radical (unpaired) electrons. The highest BCUT2D eigenvalue weighted by molar-refractivity contribution is 6.30. The van der Waals surface area contributed by atoms with Crippen molar-refractivity contribution in [1.82, 2.24) is 15.4 Å². The molecule has 0 saturated carbocycles. The highest BCUT2D eigenvalue weighted by atomic mass is 35.5. The molecule has 1 heterocycles. The van der Waals surface area contributed by atoms with Crippen molar-refractivity contribution in [2.75, 3.05) is 6.61 Å². The van der Waals surface area contributed by atoms with E-state index in [1.165, 1.54) is 6.33 Å². The highest BCUT2D eigenvalue weighted by Crippen LogP contribution is 2.30. The van der Waals surface area contributed by atoms with Gasteiger partial charge in [-0.3, -0.25) is 10.0 Å². The largest absolute Gasteiger partial charge is 0.377 e. The zero-order valence-electron chi connectivity index (χ0n) is 16.7. The summed E-state index contributed by atoms with van der Waals surface area (Å²) in [5.74, 6) is -0.572. The molecule has 3 rings (SSSR count). The lowest BCUT2D eigenvalue weighted by Crippen LogP contribution is -2.31. The first-order valence-electron chi connectivity index (χ1n) is 9.75. The van der Waals surface area contributed by atoms with Crippen LogP contribution >= 0.6 is 11.6 Å². The van der Waals surface area contributed by atoms with Gasteiger partial charge in [-0.2, -0.15) is 0 Å². The Morgan fingerprint density at radius 3 is 2.33 bits per heavy atom. The fourth-order valence-electron chi connectivity index (χ4n) is 3.47. The van der Waals surface area contributed by atoms with Gasteiger partial charge in [0.2, 0.25) is 5.91 Å². The lowest BCUT2D eigenvalue weighted by molar-refractivity contribution is -0.132. The number of amides is 1. The third-order valence-electron chi connectivity index (χ3n) is 4.94. The summed E-state index contributed by atoms with van der Waals surface area (Å²) in [6.07, 6.45) is 5.34. The van der Waals surface area contributed by atoms with E-state index < -0.39 is 12.0 Å². The number of halogens is 1. The number of carbonyl (C=O) groups is 1. The molecule has 30 heavy (non-hydrogen) atoms. The smallest absolute Gasteiger partial charge is 0.245 e. The Morgan fingerprint density at radius 2 is 1.73 bits per heavy atom. The van der Waals surface area contributed by atoms with Crippen molar-refractivity contribution in [3.8, 4) is 11.1 Å². The van der Waals surface area contributed by atoms with Crippen molar-refractivity contribution in [1.29, 1.82) is 0 Å². The summed E-state index contributed by atoms with van der Waals surface area (Å²) in [6.45, 7) is 2.35. The van der Waals surface area contributed by atoms with Crippen LogP contribution in [-0.2, 0) is 16.0 Å². The standard InChI is InChI=1S/C23H24ClN3O3/c1-2-30-22(12-23(28)27-29)21(11-16-3-9-20(24)10-4-16)18-7-5-17(6-8-18)19-13-25-15-26-14-19/h3-10,13-15,21-22,29H,2,11-12H2,1H3,(H,27,28)/t21?,22-/m1/s1. The van der Waals surface area contributed by atoms with Crippen LogP contribution in [0.3, 0.4) is 0 Å². The molecule has 3 aromatic rings. The predicted molar refractivity (Wildman–Crippen MR) is 115 cm³/mol. The Balaban J connectivity index is 1.92. The first kappa shape index (κ1) is 21.9. The Morgan fingerprint density at radius 1 is 1.07 bits per heavy atom. The van der Waals surface area contributed by atoms with Gasteiger partial charge in [0.25, 0.3) is 0 Å². The lowest BCUT2D eigenvalue weighted by atomic mass is 9.85. The molecule has 0 aliphatic carbocycles. The number of hydrogen-bond acceptors (Lipinski definition) is 5. The monoisotopic (exact) mass is 425 g/mol. The van der Waals surface area contributed by atoms with Crippen LogP contribution in [-0.4, -0.2) is 33.8 Å². The van der Waals surface area contributed by atoms with E-state index in [4.69, 9.17) is 21.5 Å².